The number of rotatable bonds is 5. The number of Topliss-reactive ketones (excluding diaryl/α,β-unsaturated/α-hetero) is 1. The van der Waals surface area contributed by atoms with Crippen molar-refractivity contribution in [1.82, 2.24) is 20.0 Å². The highest BCUT2D eigenvalue weighted by Gasteiger charge is 2.12. The van der Waals surface area contributed by atoms with E-state index in [9.17, 15) is 4.79 Å². The van der Waals surface area contributed by atoms with Crippen molar-refractivity contribution in [3.63, 3.8) is 0 Å². The minimum atomic E-state index is -0.0711. The van der Waals surface area contributed by atoms with Crippen molar-refractivity contribution in [2.75, 3.05) is 6.54 Å². The second kappa shape index (κ2) is 4.95. The minimum absolute atomic E-state index is 0.0711. The number of carbonyl (C=O) groups excluding carboxylic acids is 1. The predicted molar refractivity (Wildman–Crippen MR) is 59.2 cm³/mol. The van der Waals surface area contributed by atoms with Gasteiger partial charge in [-0.1, -0.05) is 5.21 Å². The fraction of sp³-hybridized carbons (Fsp3) is 0.333. The second-order valence-corrected chi connectivity index (χ2v) is 4.16. The van der Waals surface area contributed by atoms with Gasteiger partial charge in [-0.3, -0.25) is 9.48 Å². The molecule has 84 valence electrons. The van der Waals surface area contributed by atoms with Crippen LogP contribution in [-0.2, 0) is 13.0 Å². The normalized spacial score (nSPS) is 10.6. The Balaban J connectivity index is 2.03. The van der Waals surface area contributed by atoms with Crippen molar-refractivity contribution in [3.05, 3.63) is 28.5 Å². The Morgan fingerprint density at radius 1 is 1.56 bits per heavy atom. The summed E-state index contributed by atoms with van der Waals surface area (Å²) in [7, 11) is 0. The molecule has 0 saturated heterocycles. The summed E-state index contributed by atoms with van der Waals surface area (Å²) >= 11 is 1.46. The second-order valence-electron chi connectivity index (χ2n) is 3.18. The number of nitrogens with zero attached hydrogens (tertiary/aromatic N) is 4. The van der Waals surface area contributed by atoms with Crippen LogP contribution in [0.5, 0.6) is 0 Å². The van der Waals surface area contributed by atoms with Crippen LogP contribution in [0.25, 0.3) is 0 Å². The van der Waals surface area contributed by atoms with Gasteiger partial charge in [0.05, 0.1) is 19.2 Å². The van der Waals surface area contributed by atoms with Crippen molar-refractivity contribution >= 4 is 17.1 Å². The predicted octanol–water partition coefficient (Wildman–Crippen LogP) is 0.119. The van der Waals surface area contributed by atoms with E-state index < -0.39 is 0 Å². The van der Waals surface area contributed by atoms with Crippen molar-refractivity contribution < 1.29 is 4.79 Å². The standard InChI is InChI=1S/C9H11N5OS/c10-1-3-14-6-7(12-13-14)8(15)5-9-11-2-4-16-9/h2,4,6H,1,3,5,10H2. The Morgan fingerprint density at radius 3 is 3.12 bits per heavy atom. The molecule has 0 amide bonds. The van der Waals surface area contributed by atoms with Gasteiger partial charge in [0.2, 0.25) is 0 Å². The quantitative estimate of drug-likeness (QED) is 0.746. The summed E-state index contributed by atoms with van der Waals surface area (Å²) < 4.78 is 1.56. The third kappa shape index (κ3) is 2.50. The molecule has 0 radical (unpaired) electrons. The van der Waals surface area contributed by atoms with E-state index in [2.05, 4.69) is 15.3 Å². The average molecular weight is 237 g/mol. The summed E-state index contributed by atoms with van der Waals surface area (Å²) in [6.07, 6.45) is 3.57. The molecule has 2 aromatic rings. The Bertz CT molecular complexity index is 464. The van der Waals surface area contributed by atoms with Crippen molar-refractivity contribution in [1.29, 1.82) is 0 Å². The van der Waals surface area contributed by atoms with E-state index in [0.717, 1.165) is 5.01 Å². The van der Waals surface area contributed by atoms with Gasteiger partial charge < -0.3 is 5.73 Å². The smallest absolute Gasteiger partial charge is 0.191 e. The van der Waals surface area contributed by atoms with Gasteiger partial charge in [0.1, 0.15) is 10.7 Å². The van der Waals surface area contributed by atoms with E-state index in [4.69, 9.17) is 5.73 Å². The van der Waals surface area contributed by atoms with Crippen LogP contribution in [0.4, 0.5) is 0 Å². The van der Waals surface area contributed by atoms with Crippen LogP contribution in [0.3, 0.4) is 0 Å². The molecule has 16 heavy (non-hydrogen) atoms. The largest absolute Gasteiger partial charge is 0.329 e. The lowest BCUT2D eigenvalue weighted by Crippen LogP contribution is -2.10. The van der Waals surface area contributed by atoms with Crippen LogP contribution < -0.4 is 5.73 Å². The summed E-state index contributed by atoms with van der Waals surface area (Å²) in [4.78, 5) is 15.8. The summed E-state index contributed by atoms with van der Waals surface area (Å²) in [6.45, 7) is 1.04. The number of carbonyl (C=O) groups is 1. The molecule has 0 bridgehead atoms. The number of ketones is 1. The number of aromatic nitrogens is 4. The summed E-state index contributed by atoms with van der Waals surface area (Å²) in [5.41, 5.74) is 5.74. The highest BCUT2D eigenvalue weighted by atomic mass is 32.1. The van der Waals surface area contributed by atoms with Gasteiger partial charge in [0, 0.05) is 18.1 Å². The maximum Gasteiger partial charge on any atom is 0.191 e. The number of nitrogens with two attached hydrogens (primary N) is 1. The Labute approximate surface area is 96.1 Å². The first-order valence-corrected chi connectivity index (χ1v) is 5.69. The first kappa shape index (κ1) is 10.9. The first-order valence-electron chi connectivity index (χ1n) is 4.81. The highest BCUT2D eigenvalue weighted by Crippen LogP contribution is 2.08. The summed E-state index contributed by atoms with van der Waals surface area (Å²) in [5, 5.41) is 10.2. The van der Waals surface area contributed by atoms with Crippen molar-refractivity contribution in [2.45, 2.75) is 13.0 Å². The summed E-state index contributed by atoms with van der Waals surface area (Å²) in [6, 6.07) is 0. The minimum Gasteiger partial charge on any atom is -0.329 e. The molecule has 2 aromatic heterocycles. The molecular weight excluding hydrogens is 226 g/mol. The van der Waals surface area contributed by atoms with Gasteiger partial charge in [0.15, 0.2) is 5.78 Å². The molecular formula is C9H11N5OS. The van der Waals surface area contributed by atoms with E-state index in [-0.39, 0.29) is 12.2 Å². The topological polar surface area (TPSA) is 86.7 Å². The molecule has 6 nitrogen and oxygen atoms in total. The van der Waals surface area contributed by atoms with Gasteiger partial charge in [-0.25, -0.2) is 4.98 Å². The van der Waals surface area contributed by atoms with Crippen molar-refractivity contribution in [3.8, 4) is 0 Å². The Morgan fingerprint density at radius 2 is 2.44 bits per heavy atom. The van der Waals surface area contributed by atoms with E-state index in [1.54, 1.807) is 17.1 Å². The van der Waals surface area contributed by atoms with Crippen LogP contribution in [0.15, 0.2) is 17.8 Å². The number of thiazole rings is 1. The van der Waals surface area contributed by atoms with Gasteiger partial charge in [-0.05, 0) is 0 Å². The van der Waals surface area contributed by atoms with Crippen LogP contribution in [0.1, 0.15) is 15.5 Å². The Kier molecular flexibility index (Phi) is 3.37. The molecule has 0 atom stereocenters. The van der Waals surface area contributed by atoms with Crippen molar-refractivity contribution in [2.24, 2.45) is 5.73 Å². The van der Waals surface area contributed by atoms with E-state index >= 15 is 0 Å². The molecule has 0 unspecified atom stereocenters. The van der Waals surface area contributed by atoms with Gasteiger partial charge in [-0.2, -0.15) is 0 Å². The third-order valence-electron chi connectivity index (χ3n) is 1.98. The van der Waals surface area contributed by atoms with Gasteiger partial charge in [-0.15, -0.1) is 16.4 Å². The molecule has 2 rings (SSSR count). The fourth-order valence-corrected chi connectivity index (χ4v) is 1.85. The van der Waals surface area contributed by atoms with Crippen LogP contribution in [0.2, 0.25) is 0 Å². The molecule has 0 aliphatic carbocycles. The zero-order chi connectivity index (χ0) is 11.4. The first-order chi connectivity index (χ1) is 7.79. The highest BCUT2D eigenvalue weighted by molar-refractivity contribution is 7.09. The number of hydrogen-bond donors (Lipinski definition) is 1. The lowest BCUT2D eigenvalue weighted by atomic mass is 10.2. The lowest BCUT2D eigenvalue weighted by Gasteiger charge is -1.93. The molecule has 2 N–H and O–H groups in total. The van der Waals surface area contributed by atoms with Crippen LogP contribution in [0, 0.1) is 0 Å². The lowest BCUT2D eigenvalue weighted by molar-refractivity contribution is 0.0988. The summed E-state index contributed by atoms with van der Waals surface area (Å²) in [5.74, 6) is -0.0711. The van der Waals surface area contributed by atoms with Gasteiger partial charge in [0.25, 0.3) is 0 Å². The molecule has 2 heterocycles. The monoisotopic (exact) mass is 237 g/mol. The average Bonchev–Trinajstić information content (AvgIpc) is 2.89. The molecule has 0 fully saturated rings. The molecule has 0 aliphatic rings. The maximum absolute atomic E-state index is 11.7. The maximum atomic E-state index is 11.7. The zero-order valence-electron chi connectivity index (χ0n) is 8.54. The third-order valence-corrected chi connectivity index (χ3v) is 2.76. The molecule has 7 heteroatoms. The Hall–Kier alpha value is -1.60. The van der Waals surface area contributed by atoms with Gasteiger partial charge >= 0.3 is 0 Å². The molecule has 0 spiro atoms. The van der Waals surface area contributed by atoms with Crippen LogP contribution in [-0.4, -0.2) is 32.3 Å². The molecule has 0 saturated carbocycles. The SMILES string of the molecule is NCCn1cc(C(=O)Cc2nccs2)nn1. The van der Waals surface area contributed by atoms with E-state index in [1.807, 2.05) is 5.38 Å². The van der Waals surface area contributed by atoms with E-state index in [0.29, 0.717) is 18.8 Å². The zero-order valence-corrected chi connectivity index (χ0v) is 9.35. The van der Waals surface area contributed by atoms with E-state index in [1.165, 1.54) is 11.3 Å². The van der Waals surface area contributed by atoms with Crippen LogP contribution >= 0.6 is 11.3 Å². The number of hydrogen-bond acceptors (Lipinski definition) is 6. The molecule has 0 aliphatic heterocycles. The fourth-order valence-electron chi connectivity index (χ4n) is 1.24. The molecule has 0 aromatic carbocycles.